The van der Waals surface area contributed by atoms with Crippen LogP contribution in [0.3, 0.4) is 0 Å². The molecular weight excluding hydrogens is 418 g/mol. The van der Waals surface area contributed by atoms with E-state index in [1.165, 1.54) is 11.8 Å². The van der Waals surface area contributed by atoms with E-state index >= 15 is 0 Å². The molecule has 3 heterocycles. The van der Waals surface area contributed by atoms with Gasteiger partial charge in [-0.3, -0.25) is 19.2 Å². The van der Waals surface area contributed by atoms with Crippen molar-refractivity contribution >= 4 is 17.9 Å². The molecule has 1 aliphatic rings. The molecule has 0 radical (unpaired) electrons. The predicted octanol–water partition coefficient (Wildman–Crippen LogP) is 3.00. The summed E-state index contributed by atoms with van der Waals surface area (Å²) in [6.45, 7) is 6.58. The van der Waals surface area contributed by atoms with Gasteiger partial charge in [-0.25, -0.2) is 0 Å². The highest BCUT2D eigenvalue weighted by Crippen LogP contribution is 2.14. The molecule has 2 aromatic heterocycles. The van der Waals surface area contributed by atoms with Gasteiger partial charge in [-0.2, -0.15) is 5.10 Å². The van der Waals surface area contributed by atoms with Gasteiger partial charge in [-0.05, 0) is 37.6 Å². The Morgan fingerprint density at radius 2 is 1.94 bits per heavy atom. The van der Waals surface area contributed by atoms with E-state index in [0.717, 1.165) is 32.6 Å². The van der Waals surface area contributed by atoms with Gasteiger partial charge in [0.2, 0.25) is 0 Å². The van der Waals surface area contributed by atoms with Crippen LogP contribution in [-0.2, 0) is 17.9 Å². The Balaban J connectivity index is 1.44. The third kappa shape index (κ3) is 5.98. The van der Waals surface area contributed by atoms with Gasteiger partial charge in [0, 0.05) is 62.7 Å². The molecule has 3 aromatic rings. The van der Waals surface area contributed by atoms with E-state index in [-0.39, 0.29) is 17.5 Å². The van der Waals surface area contributed by atoms with Crippen molar-refractivity contribution in [2.75, 3.05) is 26.2 Å². The van der Waals surface area contributed by atoms with Crippen molar-refractivity contribution in [3.05, 3.63) is 83.7 Å². The Morgan fingerprint density at radius 3 is 2.67 bits per heavy atom. The Kier molecular flexibility index (Phi) is 7.36. The van der Waals surface area contributed by atoms with E-state index < -0.39 is 0 Å². The minimum Gasteiger partial charge on any atom is -0.465 e. The zero-order valence-corrected chi connectivity index (χ0v) is 18.8. The van der Waals surface area contributed by atoms with E-state index in [2.05, 4.69) is 28.4 Å². The first-order chi connectivity index (χ1) is 16.1. The van der Waals surface area contributed by atoms with Gasteiger partial charge >= 0.3 is 0 Å². The largest absolute Gasteiger partial charge is 0.465 e. The highest BCUT2D eigenvalue weighted by Gasteiger charge is 2.24. The summed E-state index contributed by atoms with van der Waals surface area (Å²) in [6, 6.07) is 12.4. The Labute approximate surface area is 193 Å². The fourth-order valence-corrected chi connectivity index (χ4v) is 3.87. The molecule has 1 aromatic carbocycles. The molecule has 1 fully saturated rings. The van der Waals surface area contributed by atoms with Gasteiger partial charge in [-0.15, -0.1) is 0 Å². The molecule has 172 valence electrons. The number of rotatable bonds is 7. The standard InChI is InChI=1S/C25H29N5O3/c1-2-30-19-20(17-26-30)18-28-11-7-12-29(14-13-28)25(32)23(16-22-10-6-15-33-22)27-24(31)21-8-4-3-5-9-21/h3-6,8-10,15-17,19H,2,7,11-14,18H2,1H3,(H,27,31)/b23-16-. The Morgan fingerprint density at radius 1 is 1.09 bits per heavy atom. The SMILES string of the molecule is CCn1cc(CN2CCCN(C(=O)/C(=C/c3ccco3)NC(=O)c3ccccc3)CC2)cn1. The summed E-state index contributed by atoms with van der Waals surface area (Å²) in [5, 5.41) is 7.14. The van der Waals surface area contributed by atoms with Gasteiger partial charge in [-0.1, -0.05) is 18.2 Å². The van der Waals surface area contributed by atoms with Crippen LogP contribution in [0.5, 0.6) is 0 Å². The van der Waals surface area contributed by atoms with Crippen LogP contribution in [0.4, 0.5) is 0 Å². The molecule has 0 bridgehead atoms. The van der Waals surface area contributed by atoms with E-state index in [9.17, 15) is 9.59 Å². The second kappa shape index (κ2) is 10.8. The number of hydrogen-bond donors (Lipinski definition) is 1. The molecule has 0 saturated carbocycles. The lowest BCUT2D eigenvalue weighted by Crippen LogP contribution is -2.40. The summed E-state index contributed by atoms with van der Waals surface area (Å²) in [5.74, 6) is -0.0291. The number of nitrogens with one attached hydrogen (secondary N) is 1. The molecule has 1 saturated heterocycles. The molecule has 0 atom stereocenters. The van der Waals surface area contributed by atoms with Crippen molar-refractivity contribution < 1.29 is 14.0 Å². The van der Waals surface area contributed by atoms with Gasteiger partial charge in [0.25, 0.3) is 11.8 Å². The molecule has 4 rings (SSSR count). The summed E-state index contributed by atoms with van der Waals surface area (Å²) >= 11 is 0. The smallest absolute Gasteiger partial charge is 0.270 e. The number of nitrogens with zero attached hydrogens (tertiary/aromatic N) is 4. The van der Waals surface area contributed by atoms with Crippen LogP contribution in [-0.4, -0.2) is 57.6 Å². The van der Waals surface area contributed by atoms with Crippen molar-refractivity contribution in [3.63, 3.8) is 0 Å². The topological polar surface area (TPSA) is 83.6 Å². The highest BCUT2D eigenvalue weighted by molar-refractivity contribution is 6.05. The number of amides is 2. The second-order valence-corrected chi connectivity index (χ2v) is 8.02. The molecule has 8 nitrogen and oxygen atoms in total. The molecule has 2 amide bonds. The number of carbonyl (C=O) groups is 2. The average Bonchev–Trinajstić information content (AvgIpc) is 3.47. The summed E-state index contributed by atoms with van der Waals surface area (Å²) in [7, 11) is 0. The van der Waals surface area contributed by atoms with Crippen molar-refractivity contribution in [2.45, 2.75) is 26.4 Å². The molecule has 0 spiro atoms. The maximum absolute atomic E-state index is 13.4. The molecule has 1 aliphatic heterocycles. The maximum atomic E-state index is 13.4. The van der Waals surface area contributed by atoms with Crippen molar-refractivity contribution in [1.82, 2.24) is 24.9 Å². The zero-order valence-electron chi connectivity index (χ0n) is 18.8. The molecule has 8 heteroatoms. The fourth-order valence-electron chi connectivity index (χ4n) is 3.87. The lowest BCUT2D eigenvalue weighted by Gasteiger charge is -2.23. The van der Waals surface area contributed by atoms with Gasteiger partial charge in [0.05, 0.1) is 12.5 Å². The minimum absolute atomic E-state index is 0.205. The van der Waals surface area contributed by atoms with Gasteiger partial charge in [0.15, 0.2) is 0 Å². The highest BCUT2D eigenvalue weighted by atomic mass is 16.3. The van der Waals surface area contributed by atoms with E-state index in [1.54, 1.807) is 47.4 Å². The van der Waals surface area contributed by atoms with Crippen LogP contribution in [0, 0.1) is 0 Å². The molecule has 0 unspecified atom stereocenters. The zero-order chi connectivity index (χ0) is 23.0. The Hall–Kier alpha value is -3.65. The second-order valence-electron chi connectivity index (χ2n) is 8.02. The van der Waals surface area contributed by atoms with Gasteiger partial charge < -0.3 is 14.6 Å². The lowest BCUT2D eigenvalue weighted by atomic mass is 10.2. The quantitative estimate of drug-likeness (QED) is 0.563. The monoisotopic (exact) mass is 447 g/mol. The number of hydrogen-bond acceptors (Lipinski definition) is 5. The first-order valence-electron chi connectivity index (χ1n) is 11.3. The summed E-state index contributed by atoms with van der Waals surface area (Å²) in [5.41, 5.74) is 1.87. The van der Waals surface area contributed by atoms with E-state index in [1.807, 2.05) is 16.9 Å². The Bertz CT molecular complexity index is 1090. The predicted molar refractivity (Wildman–Crippen MR) is 125 cm³/mol. The van der Waals surface area contributed by atoms with Crippen LogP contribution in [0.2, 0.25) is 0 Å². The number of benzene rings is 1. The van der Waals surface area contributed by atoms with Crippen LogP contribution in [0.15, 0.2) is 71.2 Å². The van der Waals surface area contributed by atoms with Crippen LogP contribution in [0.1, 0.15) is 35.0 Å². The summed E-state index contributed by atoms with van der Waals surface area (Å²) in [4.78, 5) is 30.3. The lowest BCUT2D eigenvalue weighted by molar-refractivity contribution is -0.127. The number of carbonyl (C=O) groups excluding carboxylic acids is 2. The maximum Gasteiger partial charge on any atom is 0.270 e. The number of aromatic nitrogens is 2. The van der Waals surface area contributed by atoms with Crippen molar-refractivity contribution in [1.29, 1.82) is 0 Å². The average molecular weight is 448 g/mol. The molecule has 33 heavy (non-hydrogen) atoms. The van der Waals surface area contributed by atoms with E-state index in [0.29, 0.717) is 24.4 Å². The number of aryl methyl sites for hydroxylation is 1. The number of furan rings is 1. The molecular formula is C25H29N5O3. The first-order valence-corrected chi connectivity index (χ1v) is 11.3. The van der Waals surface area contributed by atoms with Gasteiger partial charge in [0.1, 0.15) is 11.5 Å². The first kappa shape index (κ1) is 22.5. The fraction of sp³-hybridized carbons (Fsp3) is 0.320. The summed E-state index contributed by atoms with van der Waals surface area (Å²) < 4.78 is 7.31. The van der Waals surface area contributed by atoms with E-state index in [4.69, 9.17) is 4.42 Å². The third-order valence-electron chi connectivity index (χ3n) is 5.64. The van der Waals surface area contributed by atoms with Crippen molar-refractivity contribution in [2.24, 2.45) is 0 Å². The van der Waals surface area contributed by atoms with Crippen LogP contribution >= 0.6 is 0 Å². The molecule has 0 aliphatic carbocycles. The molecule has 1 N–H and O–H groups in total. The minimum atomic E-state index is -0.328. The van der Waals surface area contributed by atoms with Crippen LogP contribution in [0.25, 0.3) is 6.08 Å². The summed E-state index contributed by atoms with van der Waals surface area (Å²) in [6.07, 6.45) is 7.95. The normalized spacial score (nSPS) is 15.3. The third-order valence-corrected chi connectivity index (χ3v) is 5.64. The van der Waals surface area contributed by atoms with Crippen molar-refractivity contribution in [3.8, 4) is 0 Å². The van der Waals surface area contributed by atoms with Crippen LogP contribution < -0.4 is 5.32 Å².